The van der Waals surface area contributed by atoms with Gasteiger partial charge in [0.2, 0.25) is 0 Å². The van der Waals surface area contributed by atoms with Crippen molar-refractivity contribution in [2.75, 3.05) is 0 Å². The smallest absolute Gasteiger partial charge is 0.251 e. The first kappa shape index (κ1) is 13.6. The van der Waals surface area contributed by atoms with Crippen LogP contribution in [0.5, 0.6) is 0 Å². The van der Waals surface area contributed by atoms with Crippen molar-refractivity contribution in [3.63, 3.8) is 0 Å². The second kappa shape index (κ2) is 4.31. The van der Waals surface area contributed by atoms with Crippen LogP contribution in [-0.4, -0.2) is 23.9 Å². The van der Waals surface area contributed by atoms with Crippen molar-refractivity contribution in [1.82, 2.24) is 4.98 Å². The molecule has 0 aliphatic carbocycles. The summed E-state index contributed by atoms with van der Waals surface area (Å²) >= 11 is 0. The number of allylic oxidation sites excluding steroid dienone is 1. The monoisotopic (exact) mass is 303 g/mol. The molecule has 1 fully saturated rings. The number of sulfone groups is 1. The number of halogens is 3. The summed E-state index contributed by atoms with van der Waals surface area (Å²) in [5, 5.41) is -1.19. The van der Waals surface area contributed by atoms with E-state index in [9.17, 15) is 21.6 Å². The lowest BCUT2D eigenvalue weighted by Crippen LogP contribution is -2.27. The van der Waals surface area contributed by atoms with Crippen molar-refractivity contribution in [2.45, 2.75) is 35.9 Å². The van der Waals surface area contributed by atoms with Gasteiger partial charge in [0.15, 0.2) is 15.5 Å². The molecule has 1 aromatic rings. The van der Waals surface area contributed by atoms with E-state index < -0.39 is 32.2 Å². The first-order valence-corrected chi connectivity index (χ1v) is 7.87. The van der Waals surface area contributed by atoms with E-state index >= 15 is 0 Å². The zero-order valence-electron chi connectivity index (χ0n) is 10.4. The van der Waals surface area contributed by atoms with E-state index in [-0.39, 0.29) is 12.0 Å². The average Bonchev–Trinajstić information content (AvgIpc) is 2.57. The third kappa shape index (κ3) is 2.04. The maximum atomic E-state index is 13.0. The van der Waals surface area contributed by atoms with Crippen molar-refractivity contribution in [3.05, 3.63) is 35.7 Å². The van der Waals surface area contributed by atoms with Gasteiger partial charge in [-0.15, -0.1) is 0 Å². The Morgan fingerprint density at radius 1 is 1.25 bits per heavy atom. The predicted octanol–water partition coefficient (Wildman–Crippen LogP) is 2.83. The quantitative estimate of drug-likeness (QED) is 0.801. The van der Waals surface area contributed by atoms with Crippen molar-refractivity contribution in [1.29, 1.82) is 0 Å². The fourth-order valence-electron chi connectivity index (χ4n) is 2.95. The lowest BCUT2D eigenvalue weighted by Gasteiger charge is -2.22. The van der Waals surface area contributed by atoms with E-state index in [4.69, 9.17) is 0 Å². The maximum Gasteiger partial charge on any atom is 0.433 e. The Kier molecular flexibility index (Phi) is 2.93. The molecule has 0 spiro atoms. The van der Waals surface area contributed by atoms with Gasteiger partial charge in [0, 0.05) is 11.8 Å². The van der Waals surface area contributed by atoms with E-state index in [1.165, 1.54) is 18.2 Å². The van der Waals surface area contributed by atoms with Gasteiger partial charge in [0.05, 0.1) is 10.5 Å². The second-order valence-electron chi connectivity index (χ2n) is 5.12. The summed E-state index contributed by atoms with van der Waals surface area (Å²) in [6.45, 7) is 0. The molecule has 0 saturated carbocycles. The van der Waals surface area contributed by atoms with Gasteiger partial charge in [-0.25, -0.2) is 8.42 Å². The Labute approximate surface area is 114 Å². The third-order valence-electron chi connectivity index (χ3n) is 3.92. The number of pyridine rings is 1. The van der Waals surface area contributed by atoms with Crippen LogP contribution in [0.25, 0.3) is 5.57 Å². The fraction of sp³-hybridized carbons (Fsp3) is 0.462. The van der Waals surface area contributed by atoms with Crippen molar-refractivity contribution >= 4 is 15.4 Å². The van der Waals surface area contributed by atoms with E-state index in [1.807, 2.05) is 0 Å². The number of hydrogen-bond acceptors (Lipinski definition) is 3. The molecule has 2 bridgehead atoms. The molecule has 0 amide bonds. The van der Waals surface area contributed by atoms with Crippen molar-refractivity contribution in [2.24, 2.45) is 0 Å². The number of rotatable bonds is 1. The molecule has 3 rings (SSSR count). The molecule has 2 unspecified atom stereocenters. The number of hydrogen-bond donors (Lipinski definition) is 0. The minimum absolute atomic E-state index is 0.00630. The highest BCUT2D eigenvalue weighted by Crippen LogP contribution is 2.43. The predicted molar refractivity (Wildman–Crippen MR) is 67.6 cm³/mol. The molecule has 2 aliphatic heterocycles. The van der Waals surface area contributed by atoms with Gasteiger partial charge in [-0.05, 0) is 30.9 Å². The number of nitrogens with zero attached hydrogens (tertiary/aromatic N) is 1. The van der Waals surface area contributed by atoms with Gasteiger partial charge < -0.3 is 0 Å². The molecule has 7 heteroatoms. The SMILES string of the molecule is O=S1(=O)C2C=C(c3cccnc3C(F)(F)F)CC1CC2. The van der Waals surface area contributed by atoms with Gasteiger partial charge in [0.25, 0.3) is 0 Å². The Hall–Kier alpha value is -1.37. The topological polar surface area (TPSA) is 47.0 Å². The van der Waals surface area contributed by atoms with Crippen LogP contribution in [0.2, 0.25) is 0 Å². The normalized spacial score (nSPS) is 28.2. The Bertz CT molecular complexity index is 679. The largest absolute Gasteiger partial charge is 0.433 e. The third-order valence-corrected chi connectivity index (χ3v) is 6.46. The molecule has 3 heterocycles. The number of fused-ring (bicyclic) bond motifs is 2. The highest BCUT2D eigenvalue weighted by atomic mass is 32.2. The van der Waals surface area contributed by atoms with E-state index in [0.717, 1.165) is 6.20 Å². The summed E-state index contributed by atoms with van der Waals surface area (Å²) in [6, 6.07) is 2.80. The van der Waals surface area contributed by atoms with Gasteiger partial charge in [-0.1, -0.05) is 12.1 Å². The Morgan fingerprint density at radius 3 is 2.65 bits per heavy atom. The standard InChI is InChI=1S/C13H12F3NO2S/c14-13(15,16)12-11(2-1-5-17-12)8-6-9-3-4-10(7-8)20(9,18)19/h1-2,5-6,9-10H,3-4,7H2. The minimum Gasteiger partial charge on any atom is -0.251 e. The maximum absolute atomic E-state index is 13.0. The molecule has 0 aromatic carbocycles. The summed E-state index contributed by atoms with van der Waals surface area (Å²) in [4.78, 5) is 3.42. The molecule has 108 valence electrons. The van der Waals surface area contributed by atoms with E-state index in [2.05, 4.69) is 4.98 Å². The van der Waals surface area contributed by atoms with Gasteiger partial charge >= 0.3 is 6.18 Å². The fourth-order valence-corrected chi connectivity index (χ4v) is 5.14. The summed E-state index contributed by atoms with van der Waals surface area (Å²) in [5.74, 6) is 0. The van der Waals surface area contributed by atoms with Gasteiger partial charge in [-0.3, -0.25) is 4.98 Å². The van der Waals surface area contributed by atoms with Crippen LogP contribution in [-0.2, 0) is 16.0 Å². The second-order valence-corrected chi connectivity index (χ2v) is 7.57. The summed E-state index contributed by atoms with van der Waals surface area (Å²) in [7, 11) is -3.20. The van der Waals surface area contributed by atoms with Crippen LogP contribution in [0.15, 0.2) is 24.4 Å². The Morgan fingerprint density at radius 2 is 2.00 bits per heavy atom. The van der Waals surface area contributed by atoms with Gasteiger partial charge in [-0.2, -0.15) is 13.2 Å². The van der Waals surface area contributed by atoms with E-state index in [0.29, 0.717) is 18.4 Å². The van der Waals surface area contributed by atoms with Crippen LogP contribution < -0.4 is 0 Å². The van der Waals surface area contributed by atoms with E-state index in [1.54, 1.807) is 0 Å². The van der Waals surface area contributed by atoms with Crippen molar-refractivity contribution < 1.29 is 21.6 Å². The summed E-state index contributed by atoms with van der Waals surface area (Å²) in [5.41, 5.74) is -0.482. The molecule has 3 nitrogen and oxygen atoms in total. The van der Waals surface area contributed by atoms with Crippen LogP contribution in [0.1, 0.15) is 30.5 Å². The van der Waals surface area contributed by atoms with Gasteiger partial charge in [0.1, 0.15) is 0 Å². The lowest BCUT2D eigenvalue weighted by atomic mass is 9.99. The first-order chi connectivity index (χ1) is 9.30. The first-order valence-electron chi connectivity index (χ1n) is 6.26. The van der Waals surface area contributed by atoms with Crippen LogP contribution in [0.4, 0.5) is 13.2 Å². The molecule has 1 aromatic heterocycles. The highest BCUT2D eigenvalue weighted by molar-refractivity contribution is 7.93. The zero-order chi connectivity index (χ0) is 14.5. The molecular weight excluding hydrogens is 291 g/mol. The molecule has 0 N–H and O–H groups in total. The highest BCUT2D eigenvalue weighted by Gasteiger charge is 2.45. The molecule has 1 saturated heterocycles. The zero-order valence-corrected chi connectivity index (χ0v) is 11.2. The van der Waals surface area contributed by atoms with Crippen LogP contribution in [0.3, 0.4) is 0 Å². The van der Waals surface area contributed by atoms with Crippen LogP contribution in [0, 0.1) is 0 Å². The molecular formula is C13H12F3NO2S. The summed E-state index contributed by atoms with van der Waals surface area (Å²) in [6.07, 6.45) is -0.792. The minimum atomic E-state index is -4.53. The van der Waals surface area contributed by atoms with Crippen molar-refractivity contribution in [3.8, 4) is 0 Å². The van der Waals surface area contributed by atoms with Crippen LogP contribution >= 0.6 is 0 Å². The summed E-state index contributed by atoms with van der Waals surface area (Å²) < 4.78 is 62.8. The lowest BCUT2D eigenvalue weighted by molar-refractivity contribution is -0.141. The number of alkyl halides is 3. The molecule has 0 radical (unpaired) electrons. The molecule has 2 aliphatic rings. The number of aromatic nitrogens is 1. The molecule has 20 heavy (non-hydrogen) atoms. The molecule has 2 atom stereocenters. The Balaban J connectivity index is 2.09. The average molecular weight is 303 g/mol.